The Balaban J connectivity index is 0.00000288. The molecule has 2 rings (SSSR count). The molecule has 24 heavy (non-hydrogen) atoms. The lowest BCUT2D eigenvalue weighted by Crippen LogP contribution is -2.49. The van der Waals surface area contributed by atoms with Gasteiger partial charge in [0.05, 0.1) is 0 Å². The molecule has 0 aliphatic carbocycles. The summed E-state index contributed by atoms with van der Waals surface area (Å²) in [7, 11) is 0. The molecule has 1 atom stereocenters. The van der Waals surface area contributed by atoms with Crippen molar-refractivity contribution in [3.63, 3.8) is 0 Å². The number of nitrogens with zero attached hydrogens (tertiary/aromatic N) is 2. The van der Waals surface area contributed by atoms with Crippen molar-refractivity contribution in [2.24, 2.45) is 0 Å². The molecule has 0 spiro atoms. The van der Waals surface area contributed by atoms with Gasteiger partial charge in [-0.15, -0.1) is 0 Å². The van der Waals surface area contributed by atoms with Crippen LogP contribution in [0.3, 0.4) is 0 Å². The van der Waals surface area contributed by atoms with E-state index in [-0.39, 0.29) is 19.6 Å². The van der Waals surface area contributed by atoms with E-state index in [0.29, 0.717) is 12.6 Å². The van der Waals surface area contributed by atoms with E-state index in [1.54, 1.807) is 0 Å². The van der Waals surface area contributed by atoms with Gasteiger partial charge in [0.15, 0.2) is 0 Å². The van der Waals surface area contributed by atoms with Gasteiger partial charge in [-0.2, -0.15) is 13.5 Å². The summed E-state index contributed by atoms with van der Waals surface area (Å²) < 4.78 is 5.47. The van der Waals surface area contributed by atoms with Gasteiger partial charge in [-0.1, -0.05) is 0 Å². The highest BCUT2D eigenvalue weighted by Gasteiger charge is 2.27. The molecular weight excluding hydrogens is 322 g/mol. The van der Waals surface area contributed by atoms with Crippen LogP contribution in [-0.4, -0.2) is 40.7 Å². The third-order valence-corrected chi connectivity index (χ3v) is 3.81. The summed E-state index contributed by atoms with van der Waals surface area (Å²) >= 11 is 0. The second-order valence-electron chi connectivity index (χ2n) is 7.40. The predicted molar refractivity (Wildman–Crippen MR) is 102 cm³/mol. The van der Waals surface area contributed by atoms with Gasteiger partial charge in [0.1, 0.15) is 5.60 Å². The standard InChI is InChI=1S/C18H29N3O2.H2S/c1-13-9-15(10-14(2)20-13)11-19-16-7-6-8-21(12-16)17(22)23-18(3,4)5;/h9-10,16,19H,6-8,11-12H2,1-5H3;1H2/t16-;/m0./s1. The zero-order chi connectivity index (χ0) is 17.0. The molecule has 6 heteroatoms. The lowest BCUT2D eigenvalue weighted by molar-refractivity contribution is 0.0187. The van der Waals surface area contributed by atoms with E-state index in [0.717, 1.165) is 37.3 Å². The fourth-order valence-corrected chi connectivity index (χ4v) is 2.92. The van der Waals surface area contributed by atoms with Gasteiger partial charge in [0, 0.05) is 37.1 Å². The van der Waals surface area contributed by atoms with Crippen molar-refractivity contribution in [1.29, 1.82) is 0 Å². The van der Waals surface area contributed by atoms with Crippen molar-refractivity contribution in [2.75, 3.05) is 13.1 Å². The number of piperidine rings is 1. The van der Waals surface area contributed by atoms with Crippen LogP contribution >= 0.6 is 13.5 Å². The molecule has 1 aromatic rings. The van der Waals surface area contributed by atoms with Gasteiger partial charge >= 0.3 is 6.09 Å². The number of hydrogen-bond donors (Lipinski definition) is 1. The van der Waals surface area contributed by atoms with Crippen LogP contribution in [-0.2, 0) is 11.3 Å². The Kier molecular flexibility index (Phi) is 7.55. The Morgan fingerprint density at radius 2 is 1.96 bits per heavy atom. The maximum Gasteiger partial charge on any atom is 0.410 e. The molecule has 2 heterocycles. The predicted octanol–water partition coefficient (Wildman–Crippen LogP) is 3.30. The minimum Gasteiger partial charge on any atom is -0.444 e. The molecule has 0 unspecified atom stereocenters. The van der Waals surface area contributed by atoms with Gasteiger partial charge in [-0.3, -0.25) is 4.98 Å². The molecule has 1 saturated heterocycles. The molecule has 0 radical (unpaired) electrons. The molecule has 0 bridgehead atoms. The molecule has 1 fully saturated rings. The van der Waals surface area contributed by atoms with Gasteiger partial charge in [0.25, 0.3) is 0 Å². The number of ether oxygens (including phenoxy) is 1. The summed E-state index contributed by atoms with van der Waals surface area (Å²) in [6, 6.07) is 4.52. The first-order valence-electron chi connectivity index (χ1n) is 8.38. The molecule has 1 aliphatic rings. The van der Waals surface area contributed by atoms with Crippen LogP contribution in [0.25, 0.3) is 0 Å². The molecule has 1 N–H and O–H groups in total. The first-order valence-corrected chi connectivity index (χ1v) is 8.38. The average Bonchev–Trinajstić information content (AvgIpc) is 2.43. The topological polar surface area (TPSA) is 54.5 Å². The molecule has 5 nitrogen and oxygen atoms in total. The summed E-state index contributed by atoms with van der Waals surface area (Å²) in [4.78, 5) is 18.4. The second kappa shape index (κ2) is 8.72. The van der Waals surface area contributed by atoms with Crippen LogP contribution in [0.15, 0.2) is 12.1 Å². The average molecular weight is 354 g/mol. The zero-order valence-corrected chi connectivity index (χ0v) is 16.5. The fourth-order valence-electron chi connectivity index (χ4n) is 2.92. The van der Waals surface area contributed by atoms with E-state index in [4.69, 9.17) is 4.74 Å². The van der Waals surface area contributed by atoms with Gasteiger partial charge < -0.3 is 15.0 Å². The summed E-state index contributed by atoms with van der Waals surface area (Å²) in [5.41, 5.74) is 2.88. The Hall–Kier alpha value is -1.27. The quantitative estimate of drug-likeness (QED) is 0.906. The van der Waals surface area contributed by atoms with Crippen molar-refractivity contribution in [1.82, 2.24) is 15.2 Å². The Labute approximate surface area is 152 Å². The van der Waals surface area contributed by atoms with E-state index < -0.39 is 5.60 Å². The van der Waals surface area contributed by atoms with E-state index in [1.165, 1.54) is 5.56 Å². The largest absolute Gasteiger partial charge is 0.444 e. The number of likely N-dealkylation sites (tertiary alicyclic amines) is 1. The Morgan fingerprint density at radius 3 is 2.54 bits per heavy atom. The van der Waals surface area contributed by atoms with Crippen molar-refractivity contribution in [3.8, 4) is 0 Å². The Bertz CT molecular complexity index is 537. The highest BCUT2D eigenvalue weighted by atomic mass is 32.1. The fraction of sp³-hybridized carbons (Fsp3) is 0.667. The maximum absolute atomic E-state index is 12.2. The highest BCUT2D eigenvalue weighted by Crippen LogP contribution is 2.16. The third kappa shape index (κ3) is 6.69. The molecule has 1 aromatic heterocycles. The van der Waals surface area contributed by atoms with E-state index >= 15 is 0 Å². The first kappa shape index (κ1) is 20.8. The van der Waals surface area contributed by atoms with E-state index in [2.05, 4.69) is 22.4 Å². The van der Waals surface area contributed by atoms with Crippen LogP contribution in [0.4, 0.5) is 4.79 Å². The Morgan fingerprint density at radius 1 is 1.33 bits per heavy atom. The lowest BCUT2D eigenvalue weighted by Gasteiger charge is -2.34. The van der Waals surface area contributed by atoms with Crippen LogP contribution in [0.5, 0.6) is 0 Å². The van der Waals surface area contributed by atoms with Crippen LogP contribution in [0.2, 0.25) is 0 Å². The molecule has 0 aromatic carbocycles. The number of nitrogens with one attached hydrogen (secondary N) is 1. The van der Waals surface area contributed by atoms with Gasteiger partial charge in [-0.25, -0.2) is 4.79 Å². The third-order valence-electron chi connectivity index (χ3n) is 3.81. The highest BCUT2D eigenvalue weighted by molar-refractivity contribution is 7.59. The smallest absolute Gasteiger partial charge is 0.410 e. The molecule has 1 aliphatic heterocycles. The van der Waals surface area contributed by atoms with Crippen molar-refractivity contribution < 1.29 is 9.53 Å². The second-order valence-corrected chi connectivity index (χ2v) is 7.40. The lowest BCUT2D eigenvalue weighted by atomic mass is 10.1. The van der Waals surface area contributed by atoms with E-state index in [1.807, 2.05) is 39.5 Å². The summed E-state index contributed by atoms with van der Waals surface area (Å²) in [5, 5.41) is 3.56. The number of hydrogen-bond acceptors (Lipinski definition) is 4. The molecule has 0 saturated carbocycles. The monoisotopic (exact) mass is 353 g/mol. The summed E-state index contributed by atoms with van der Waals surface area (Å²) in [5.74, 6) is 0. The van der Waals surface area contributed by atoms with Crippen molar-refractivity contribution >= 4 is 19.6 Å². The number of rotatable bonds is 3. The van der Waals surface area contributed by atoms with Crippen molar-refractivity contribution in [2.45, 2.75) is 65.6 Å². The van der Waals surface area contributed by atoms with E-state index in [9.17, 15) is 4.79 Å². The van der Waals surface area contributed by atoms with Gasteiger partial charge in [-0.05, 0) is 65.2 Å². The van der Waals surface area contributed by atoms with Crippen LogP contribution in [0.1, 0.15) is 50.6 Å². The normalized spacial score (nSPS) is 18.0. The summed E-state index contributed by atoms with van der Waals surface area (Å²) in [6.45, 7) is 12.0. The number of aryl methyl sites for hydroxylation is 2. The molecule has 1 amide bonds. The van der Waals surface area contributed by atoms with Gasteiger partial charge in [0.2, 0.25) is 0 Å². The number of carbonyl (C=O) groups is 1. The minimum absolute atomic E-state index is 0. The molecular formula is C18H31N3O2S. The summed E-state index contributed by atoms with van der Waals surface area (Å²) in [6.07, 6.45) is 1.88. The first-order chi connectivity index (χ1) is 10.7. The van der Waals surface area contributed by atoms with Crippen molar-refractivity contribution in [3.05, 3.63) is 29.1 Å². The molecule has 136 valence electrons. The SMILES string of the molecule is Cc1cc(CN[C@H]2CCCN(C(=O)OC(C)(C)C)C2)cc(C)n1.S. The van der Waals surface area contributed by atoms with Crippen LogP contribution < -0.4 is 5.32 Å². The number of carbonyl (C=O) groups excluding carboxylic acids is 1. The number of pyridine rings is 1. The number of amides is 1. The maximum atomic E-state index is 12.2. The minimum atomic E-state index is -0.441. The zero-order valence-electron chi connectivity index (χ0n) is 15.5. The van der Waals surface area contributed by atoms with Crippen LogP contribution in [0, 0.1) is 13.8 Å². The number of aromatic nitrogens is 1.